The number of fused-ring (bicyclic) bond motifs is 3. The van der Waals surface area contributed by atoms with Gasteiger partial charge < -0.3 is 10.4 Å². The Hall–Kier alpha value is -3.22. The van der Waals surface area contributed by atoms with Gasteiger partial charge in [0.25, 0.3) is 0 Å². The van der Waals surface area contributed by atoms with Gasteiger partial charge in [0.15, 0.2) is 11.5 Å². The standard InChI is InChI=1S/C16H13N5O2/c1-16(11-6-4-5-10(9-11)15(22)23)17-13-8-3-2-7-12(13)14-18-19-20-21(14)16/h2-9,17H,1H3,(H,22,23). The Morgan fingerprint density at radius 2 is 2.04 bits per heavy atom. The van der Waals surface area contributed by atoms with Gasteiger partial charge >= 0.3 is 5.97 Å². The van der Waals surface area contributed by atoms with Crippen LogP contribution in [-0.4, -0.2) is 31.3 Å². The number of carboxylic acids is 1. The zero-order valence-electron chi connectivity index (χ0n) is 12.3. The van der Waals surface area contributed by atoms with Gasteiger partial charge in [-0.2, -0.15) is 4.68 Å². The molecule has 2 heterocycles. The van der Waals surface area contributed by atoms with Crippen LogP contribution >= 0.6 is 0 Å². The summed E-state index contributed by atoms with van der Waals surface area (Å²) in [5.74, 6) is -0.328. The second-order valence-corrected chi connectivity index (χ2v) is 5.54. The first-order chi connectivity index (χ1) is 11.1. The molecule has 0 amide bonds. The molecule has 0 fully saturated rings. The van der Waals surface area contributed by atoms with E-state index in [4.69, 9.17) is 0 Å². The molecule has 0 bridgehead atoms. The normalized spacial score (nSPS) is 18.7. The van der Waals surface area contributed by atoms with Crippen molar-refractivity contribution in [3.8, 4) is 11.4 Å². The lowest BCUT2D eigenvalue weighted by Crippen LogP contribution is -2.43. The third-order valence-corrected chi connectivity index (χ3v) is 4.11. The maximum atomic E-state index is 11.3. The first kappa shape index (κ1) is 13.4. The van der Waals surface area contributed by atoms with Crippen molar-refractivity contribution in [2.45, 2.75) is 12.6 Å². The van der Waals surface area contributed by atoms with Gasteiger partial charge in [0, 0.05) is 16.8 Å². The van der Waals surface area contributed by atoms with Crippen molar-refractivity contribution in [3.63, 3.8) is 0 Å². The summed E-state index contributed by atoms with van der Waals surface area (Å²) in [6.45, 7) is 1.92. The number of carbonyl (C=O) groups is 1. The predicted molar refractivity (Wildman–Crippen MR) is 83.0 cm³/mol. The first-order valence-corrected chi connectivity index (χ1v) is 7.10. The van der Waals surface area contributed by atoms with Gasteiger partial charge in [0.2, 0.25) is 0 Å². The van der Waals surface area contributed by atoms with E-state index in [-0.39, 0.29) is 5.56 Å². The van der Waals surface area contributed by atoms with Crippen molar-refractivity contribution in [3.05, 3.63) is 59.7 Å². The van der Waals surface area contributed by atoms with Gasteiger partial charge in [-0.15, -0.1) is 5.10 Å². The van der Waals surface area contributed by atoms with Gasteiger partial charge in [-0.1, -0.05) is 24.3 Å². The Balaban J connectivity index is 1.93. The number of para-hydroxylation sites is 1. The summed E-state index contributed by atoms with van der Waals surface area (Å²) in [7, 11) is 0. The lowest BCUT2D eigenvalue weighted by Gasteiger charge is -2.37. The van der Waals surface area contributed by atoms with Crippen molar-refractivity contribution in [1.29, 1.82) is 0 Å². The summed E-state index contributed by atoms with van der Waals surface area (Å²) in [6.07, 6.45) is 0. The van der Waals surface area contributed by atoms with Crippen molar-refractivity contribution in [2.24, 2.45) is 0 Å². The van der Waals surface area contributed by atoms with Crippen LogP contribution in [0.5, 0.6) is 0 Å². The van der Waals surface area contributed by atoms with E-state index in [0.29, 0.717) is 5.82 Å². The largest absolute Gasteiger partial charge is 0.478 e. The van der Waals surface area contributed by atoms with Gasteiger partial charge in [0.1, 0.15) is 0 Å². The Morgan fingerprint density at radius 1 is 1.22 bits per heavy atom. The van der Waals surface area contributed by atoms with Crippen LogP contribution in [-0.2, 0) is 5.66 Å². The van der Waals surface area contributed by atoms with E-state index in [1.165, 1.54) is 0 Å². The zero-order valence-corrected chi connectivity index (χ0v) is 12.3. The minimum atomic E-state index is -0.969. The maximum Gasteiger partial charge on any atom is 0.335 e. The highest BCUT2D eigenvalue weighted by Gasteiger charge is 2.38. The monoisotopic (exact) mass is 307 g/mol. The highest BCUT2D eigenvalue weighted by Crippen LogP contribution is 2.39. The molecule has 1 unspecified atom stereocenters. The van der Waals surface area contributed by atoms with E-state index in [1.54, 1.807) is 22.9 Å². The number of aromatic nitrogens is 4. The molecular formula is C16H13N5O2. The van der Waals surface area contributed by atoms with Crippen molar-refractivity contribution < 1.29 is 9.90 Å². The number of aromatic carboxylic acids is 1. The molecule has 3 aromatic rings. The van der Waals surface area contributed by atoms with Gasteiger partial charge in [0.05, 0.1) is 5.56 Å². The number of anilines is 1. The van der Waals surface area contributed by atoms with Crippen LogP contribution in [0.3, 0.4) is 0 Å². The molecule has 0 saturated heterocycles. The summed E-state index contributed by atoms with van der Waals surface area (Å²) in [5, 5.41) is 24.7. The molecule has 2 aromatic carbocycles. The number of rotatable bonds is 2. The molecule has 1 aliphatic rings. The molecule has 2 N–H and O–H groups in total. The second-order valence-electron chi connectivity index (χ2n) is 5.54. The lowest BCUT2D eigenvalue weighted by atomic mass is 9.95. The average Bonchev–Trinajstić information content (AvgIpc) is 3.06. The summed E-state index contributed by atoms with van der Waals surface area (Å²) < 4.78 is 1.68. The maximum absolute atomic E-state index is 11.3. The molecule has 4 rings (SSSR count). The van der Waals surface area contributed by atoms with Gasteiger partial charge in [-0.25, -0.2) is 4.79 Å². The van der Waals surface area contributed by atoms with Crippen LogP contribution in [0.25, 0.3) is 11.4 Å². The summed E-state index contributed by atoms with van der Waals surface area (Å²) in [5.41, 5.74) is 2.01. The van der Waals surface area contributed by atoms with Crippen LogP contribution in [0.1, 0.15) is 22.8 Å². The van der Waals surface area contributed by atoms with E-state index in [2.05, 4.69) is 20.8 Å². The van der Waals surface area contributed by atoms with Crippen molar-refractivity contribution >= 4 is 11.7 Å². The molecule has 1 atom stereocenters. The number of tetrazole rings is 1. The third kappa shape index (κ3) is 1.90. The minimum Gasteiger partial charge on any atom is -0.478 e. The summed E-state index contributed by atoms with van der Waals surface area (Å²) in [6, 6.07) is 14.5. The van der Waals surface area contributed by atoms with Crippen LogP contribution < -0.4 is 5.32 Å². The Labute approximate surface area is 131 Å². The van der Waals surface area contributed by atoms with Gasteiger partial charge in [-0.3, -0.25) is 0 Å². The molecule has 0 saturated carbocycles. The van der Waals surface area contributed by atoms with E-state index < -0.39 is 11.6 Å². The second kappa shape index (κ2) is 4.64. The fraction of sp³-hybridized carbons (Fsp3) is 0.125. The Bertz CT molecular complexity index is 920. The number of carboxylic acid groups (broad SMARTS) is 1. The molecule has 0 aliphatic carbocycles. The van der Waals surface area contributed by atoms with E-state index in [0.717, 1.165) is 16.8 Å². The highest BCUT2D eigenvalue weighted by atomic mass is 16.4. The first-order valence-electron chi connectivity index (χ1n) is 7.10. The number of benzene rings is 2. The Morgan fingerprint density at radius 3 is 2.87 bits per heavy atom. The molecule has 0 spiro atoms. The molecule has 7 heteroatoms. The highest BCUT2D eigenvalue weighted by molar-refractivity contribution is 5.88. The molecular weight excluding hydrogens is 294 g/mol. The number of nitrogens with zero attached hydrogens (tertiary/aromatic N) is 4. The van der Waals surface area contributed by atoms with Crippen LogP contribution in [0.2, 0.25) is 0 Å². The molecule has 0 radical (unpaired) electrons. The topological polar surface area (TPSA) is 92.9 Å². The van der Waals surface area contributed by atoms with Crippen molar-refractivity contribution in [1.82, 2.24) is 20.2 Å². The van der Waals surface area contributed by atoms with E-state index in [1.807, 2.05) is 37.3 Å². The molecule has 114 valence electrons. The minimum absolute atomic E-state index is 0.221. The zero-order chi connectivity index (χ0) is 16.0. The number of nitrogens with one attached hydrogen (secondary N) is 1. The molecule has 23 heavy (non-hydrogen) atoms. The smallest absolute Gasteiger partial charge is 0.335 e. The number of hydrogen-bond donors (Lipinski definition) is 2. The molecule has 1 aromatic heterocycles. The average molecular weight is 307 g/mol. The fourth-order valence-electron chi connectivity index (χ4n) is 2.91. The van der Waals surface area contributed by atoms with E-state index >= 15 is 0 Å². The fourth-order valence-corrected chi connectivity index (χ4v) is 2.91. The van der Waals surface area contributed by atoms with E-state index in [9.17, 15) is 9.90 Å². The van der Waals surface area contributed by atoms with Crippen LogP contribution in [0.15, 0.2) is 48.5 Å². The molecule has 1 aliphatic heterocycles. The van der Waals surface area contributed by atoms with Gasteiger partial charge in [-0.05, 0) is 41.6 Å². The van der Waals surface area contributed by atoms with Crippen LogP contribution in [0, 0.1) is 0 Å². The molecule has 7 nitrogen and oxygen atoms in total. The quantitative estimate of drug-likeness (QED) is 0.754. The van der Waals surface area contributed by atoms with Crippen LogP contribution in [0.4, 0.5) is 5.69 Å². The SMILES string of the molecule is CC1(c2cccc(C(=O)O)c2)Nc2ccccc2-c2nnnn21. The summed E-state index contributed by atoms with van der Waals surface area (Å²) in [4.78, 5) is 11.3. The summed E-state index contributed by atoms with van der Waals surface area (Å²) >= 11 is 0. The predicted octanol–water partition coefficient (Wildman–Crippen LogP) is 2.18. The van der Waals surface area contributed by atoms with Crippen molar-refractivity contribution in [2.75, 3.05) is 5.32 Å². The number of hydrogen-bond acceptors (Lipinski definition) is 5. The third-order valence-electron chi connectivity index (χ3n) is 4.11. The Kier molecular flexibility index (Phi) is 2.71. The lowest BCUT2D eigenvalue weighted by molar-refractivity contribution is 0.0696.